The smallest absolute Gasteiger partial charge is 0.338 e. The van der Waals surface area contributed by atoms with Gasteiger partial charge in [0.15, 0.2) is 0 Å². The van der Waals surface area contributed by atoms with Crippen LogP contribution in [0.3, 0.4) is 0 Å². The molecule has 0 unspecified atom stereocenters. The molecule has 106 valence electrons. The molecule has 0 aromatic heterocycles. The second-order valence-electron chi connectivity index (χ2n) is 4.67. The Bertz CT molecular complexity index is 597. The Kier molecular flexibility index (Phi) is 4.86. The van der Waals surface area contributed by atoms with Crippen LogP contribution in [-0.2, 0) is 9.59 Å². The molecule has 4 heteroatoms. The van der Waals surface area contributed by atoms with E-state index in [0.29, 0.717) is 28.2 Å². The van der Waals surface area contributed by atoms with Crippen molar-refractivity contribution in [2.45, 2.75) is 27.7 Å². The number of hydrogen-bond donors (Lipinski definition) is 0. The zero-order valence-electron chi connectivity index (χ0n) is 12.2. The molecule has 0 N–H and O–H groups in total. The lowest BCUT2D eigenvalue weighted by Crippen LogP contribution is -2.12. The molecule has 0 aliphatic rings. The Labute approximate surface area is 118 Å². The minimum atomic E-state index is -0.519. The lowest BCUT2D eigenvalue weighted by atomic mass is 10.1. The lowest BCUT2D eigenvalue weighted by Gasteiger charge is -2.14. The van der Waals surface area contributed by atoms with Gasteiger partial charge in [0.2, 0.25) is 0 Å². The van der Waals surface area contributed by atoms with Crippen molar-refractivity contribution in [1.82, 2.24) is 0 Å². The summed E-state index contributed by atoms with van der Waals surface area (Å²) in [7, 11) is 0. The van der Waals surface area contributed by atoms with Gasteiger partial charge in [-0.3, -0.25) is 0 Å². The van der Waals surface area contributed by atoms with Gasteiger partial charge in [0.05, 0.1) is 0 Å². The number of ether oxygens (including phenoxy) is 2. The summed E-state index contributed by atoms with van der Waals surface area (Å²) in [5.74, 6) is -0.313. The molecule has 0 atom stereocenters. The molecule has 0 aliphatic carbocycles. The third-order valence-electron chi connectivity index (χ3n) is 2.65. The highest BCUT2D eigenvalue weighted by molar-refractivity contribution is 5.90. The van der Waals surface area contributed by atoms with E-state index in [1.165, 1.54) is 0 Å². The van der Waals surface area contributed by atoms with Gasteiger partial charge in [-0.15, -0.1) is 0 Å². The fourth-order valence-corrected chi connectivity index (χ4v) is 1.44. The van der Waals surface area contributed by atoms with E-state index in [-0.39, 0.29) is 0 Å². The van der Waals surface area contributed by atoms with E-state index in [0.717, 1.165) is 5.56 Å². The first kappa shape index (κ1) is 15.7. The third kappa shape index (κ3) is 3.57. The van der Waals surface area contributed by atoms with Gasteiger partial charge < -0.3 is 9.47 Å². The van der Waals surface area contributed by atoms with Crippen LogP contribution in [0.1, 0.15) is 25.0 Å². The standard InChI is InChI=1S/C16H18O4/c1-9(2)15(17)19-13-8-7-11(5)14(12(13)6)20-16(18)10(3)4/h7-8H,1,3H2,2,4-6H3. The Morgan fingerprint density at radius 2 is 1.45 bits per heavy atom. The second-order valence-corrected chi connectivity index (χ2v) is 4.67. The number of carbonyl (C=O) groups excluding carboxylic acids is 2. The predicted octanol–water partition coefficient (Wildman–Crippen LogP) is 3.27. The molecule has 1 rings (SSSR count). The van der Waals surface area contributed by atoms with Crippen LogP contribution in [-0.4, -0.2) is 11.9 Å². The van der Waals surface area contributed by atoms with Crippen molar-refractivity contribution < 1.29 is 19.1 Å². The van der Waals surface area contributed by atoms with Crippen molar-refractivity contribution in [3.8, 4) is 11.5 Å². The molecule has 0 aliphatic heterocycles. The summed E-state index contributed by atoms with van der Waals surface area (Å²) in [6.45, 7) is 13.7. The first-order valence-electron chi connectivity index (χ1n) is 6.09. The predicted molar refractivity (Wildman–Crippen MR) is 76.8 cm³/mol. The van der Waals surface area contributed by atoms with E-state index in [1.54, 1.807) is 39.8 Å². The van der Waals surface area contributed by atoms with Crippen LogP contribution < -0.4 is 9.47 Å². The van der Waals surface area contributed by atoms with Gasteiger partial charge in [-0.1, -0.05) is 19.2 Å². The van der Waals surface area contributed by atoms with E-state index in [9.17, 15) is 9.59 Å². The molecule has 0 spiro atoms. The summed E-state index contributed by atoms with van der Waals surface area (Å²) in [5.41, 5.74) is 1.94. The first-order chi connectivity index (χ1) is 9.23. The van der Waals surface area contributed by atoms with Gasteiger partial charge in [0, 0.05) is 16.7 Å². The van der Waals surface area contributed by atoms with E-state index < -0.39 is 11.9 Å². The molecule has 0 saturated carbocycles. The monoisotopic (exact) mass is 274 g/mol. The molecule has 4 nitrogen and oxygen atoms in total. The van der Waals surface area contributed by atoms with Crippen molar-refractivity contribution in [2.24, 2.45) is 0 Å². The van der Waals surface area contributed by atoms with Crippen molar-refractivity contribution in [3.05, 3.63) is 47.6 Å². The Balaban J connectivity index is 3.13. The highest BCUT2D eigenvalue weighted by Gasteiger charge is 2.16. The summed E-state index contributed by atoms with van der Waals surface area (Å²) in [6.07, 6.45) is 0. The van der Waals surface area contributed by atoms with E-state index >= 15 is 0 Å². The van der Waals surface area contributed by atoms with Crippen LogP contribution >= 0.6 is 0 Å². The van der Waals surface area contributed by atoms with E-state index in [4.69, 9.17) is 9.47 Å². The van der Waals surface area contributed by atoms with Gasteiger partial charge in [-0.25, -0.2) is 9.59 Å². The minimum Gasteiger partial charge on any atom is -0.423 e. The zero-order chi connectivity index (χ0) is 15.4. The molecule has 0 fully saturated rings. The number of rotatable bonds is 4. The molecular weight excluding hydrogens is 256 g/mol. The van der Waals surface area contributed by atoms with Crippen molar-refractivity contribution in [1.29, 1.82) is 0 Å². The van der Waals surface area contributed by atoms with Crippen LogP contribution in [0.25, 0.3) is 0 Å². The fourth-order valence-electron chi connectivity index (χ4n) is 1.44. The third-order valence-corrected chi connectivity index (χ3v) is 2.65. The van der Waals surface area contributed by atoms with Gasteiger partial charge in [0.1, 0.15) is 11.5 Å². The number of carbonyl (C=O) groups is 2. The van der Waals surface area contributed by atoms with Gasteiger partial charge in [-0.2, -0.15) is 0 Å². The maximum Gasteiger partial charge on any atom is 0.338 e. The van der Waals surface area contributed by atoms with Gasteiger partial charge >= 0.3 is 11.9 Å². The minimum absolute atomic E-state index is 0.297. The maximum atomic E-state index is 11.6. The van der Waals surface area contributed by atoms with Crippen LogP contribution in [0.15, 0.2) is 36.4 Å². The molecule has 1 aromatic rings. The van der Waals surface area contributed by atoms with Crippen LogP contribution in [0.5, 0.6) is 11.5 Å². The summed E-state index contributed by atoms with van der Waals surface area (Å²) in [5, 5.41) is 0. The Morgan fingerprint density at radius 3 is 1.95 bits per heavy atom. The first-order valence-corrected chi connectivity index (χ1v) is 6.09. The summed E-state index contributed by atoms with van der Waals surface area (Å²) in [6, 6.07) is 3.37. The average Bonchev–Trinajstić information content (AvgIpc) is 2.37. The quantitative estimate of drug-likeness (QED) is 0.480. The van der Waals surface area contributed by atoms with Crippen LogP contribution in [0.4, 0.5) is 0 Å². The zero-order valence-corrected chi connectivity index (χ0v) is 12.2. The molecule has 20 heavy (non-hydrogen) atoms. The van der Waals surface area contributed by atoms with Crippen LogP contribution in [0, 0.1) is 13.8 Å². The normalized spacial score (nSPS) is 9.80. The highest BCUT2D eigenvalue weighted by atomic mass is 16.5. The molecule has 0 amide bonds. The molecule has 0 saturated heterocycles. The molecule has 0 radical (unpaired) electrons. The highest BCUT2D eigenvalue weighted by Crippen LogP contribution is 2.32. The fraction of sp³-hybridized carbons (Fsp3) is 0.250. The second kappa shape index (κ2) is 6.19. The number of esters is 2. The number of hydrogen-bond acceptors (Lipinski definition) is 4. The number of aryl methyl sites for hydroxylation is 1. The number of benzene rings is 1. The summed E-state index contributed by atoms with van der Waals surface area (Å²) < 4.78 is 10.5. The van der Waals surface area contributed by atoms with Crippen LogP contribution in [0.2, 0.25) is 0 Å². The van der Waals surface area contributed by atoms with Gasteiger partial charge in [0.25, 0.3) is 0 Å². The maximum absolute atomic E-state index is 11.6. The Morgan fingerprint density at radius 1 is 0.950 bits per heavy atom. The molecule has 0 bridgehead atoms. The summed E-state index contributed by atoms with van der Waals surface area (Å²) >= 11 is 0. The lowest BCUT2D eigenvalue weighted by molar-refractivity contribution is -0.130. The van der Waals surface area contributed by atoms with E-state index in [1.807, 2.05) is 0 Å². The summed E-state index contributed by atoms with van der Waals surface area (Å²) in [4.78, 5) is 23.2. The SMILES string of the molecule is C=C(C)C(=O)Oc1ccc(C)c(OC(=O)C(=C)C)c1C. The van der Waals surface area contributed by atoms with Crippen molar-refractivity contribution in [2.75, 3.05) is 0 Å². The average molecular weight is 274 g/mol. The van der Waals surface area contributed by atoms with E-state index in [2.05, 4.69) is 13.2 Å². The van der Waals surface area contributed by atoms with Crippen molar-refractivity contribution >= 4 is 11.9 Å². The topological polar surface area (TPSA) is 52.6 Å². The molecule has 1 aromatic carbocycles. The Hall–Kier alpha value is -2.36. The van der Waals surface area contributed by atoms with Gasteiger partial charge in [-0.05, 0) is 39.3 Å². The largest absolute Gasteiger partial charge is 0.423 e. The molecule has 0 heterocycles. The van der Waals surface area contributed by atoms with Crippen molar-refractivity contribution in [3.63, 3.8) is 0 Å². The molecular formula is C16H18O4.